The minimum atomic E-state index is -0.337. The number of nitrogens with one attached hydrogen (secondary N) is 1. The van der Waals surface area contributed by atoms with E-state index in [4.69, 9.17) is 11.6 Å². The molecule has 2 nitrogen and oxygen atoms in total. The smallest absolute Gasteiger partial charge is 0.134 e. The van der Waals surface area contributed by atoms with Crippen molar-refractivity contribution in [2.75, 3.05) is 7.05 Å². The summed E-state index contributed by atoms with van der Waals surface area (Å²) in [6.07, 6.45) is 1.77. The highest BCUT2D eigenvalue weighted by molar-refractivity contribution is 7.15. The fourth-order valence-corrected chi connectivity index (χ4v) is 2.58. The standard InChI is InChI=1S/C12H12ClFN2S/c1-7(15-2)11-6-16-12(17-11)9-4-3-8(13)5-10(9)14/h3-7,15H,1-2H3. The maximum atomic E-state index is 13.7. The highest BCUT2D eigenvalue weighted by atomic mass is 35.5. The lowest BCUT2D eigenvalue weighted by Crippen LogP contribution is -2.10. The van der Waals surface area contributed by atoms with Gasteiger partial charge in [0, 0.05) is 27.7 Å². The fraction of sp³-hybridized carbons (Fsp3) is 0.250. The van der Waals surface area contributed by atoms with Crippen molar-refractivity contribution in [1.82, 2.24) is 10.3 Å². The quantitative estimate of drug-likeness (QED) is 0.915. The summed E-state index contributed by atoms with van der Waals surface area (Å²) in [5.74, 6) is -0.337. The second-order valence-corrected chi connectivity index (χ2v) is 5.20. The van der Waals surface area contributed by atoms with Crippen molar-refractivity contribution in [3.8, 4) is 10.6 Å². The first-order valence-corrected chi connectivity index (χ1v) is 6.39. The first kappa shape index (κ1) is 12.5. The first-order valence-electron chi connectivity index (χ1n) is 5.20. The Morgan fingerprint density at radius 3 is 2.88 bits per heavy atom. The van der Waals surface area contributed by atoms with Gasteiger partial charge in [-0.3, -0.25) is 0 Å². The van der Waals surface area contributed by atoms with Gasteiger partial charge in [-0.05, 0) is 32.2 Å². The SMILES string of the molecule is CNC(C)c1cnc(-c2ccc(Cl)cc2F)s1. The highest BCUT2D eigenvalue weighted by Gasteiger charge is 2.12. The van der Waals surface area contributed by atoms with Crippen LogP contribution in [-0.2, 0) is 0 Å². The first-order chi connectivity index (χ1) is 8.11. The predicted molar refractivity (Wildman–Crippen MR) is 70.0 cm³/mol. The van der Waals surface area contributed by atoms with Gasteiger partial charge in [-0.25, -0.2) is 9.37 Å². The average molecular weight is 271 g/mol. The summed E-state index contributed by atoms with van der Waals surface area (Å²) in [7, 11) is 1.88. The Kier molecular flexibility index (Phi) is 3.76. The lowest BCUT2D eigenvalue weighted by atomic mass is 10.2. The zero-order valence-electron chi connectivity index (χ0n) is 9.50. The molecule has 1 N–H and O–H groups in total. The molecule has 0 aliphatic rings. The molecular weight excluding hydrogens is 259 g/mol. The van der Waals surface area contributed by atoms with Crippen molar-refractivity contribution in [1.29, 1.82) is 0 Å². The molecule has 0 bridgehead atoms. The molecule has 0 aliphatic carbocycles. The lowest BCUT2D eigenvalue weighted by Gasteiger charge is -2.05. The number of hydrogen-bond donors (Lipinski definition) is 1. The molecule has 0 radical (unpaired) electrons. The molecule has 0 aliphatic heterocycles. The molecule has 1 unspecified atom stereocenters. The van der Waals surface area contributed by atoms with E-state index in [0.29, 0.717) is 15.6 Å². The van der Waals surface area contributed by atoms with Crippen molar-refractivity contribution in [2.24, 2.45) is 0 Å². The van der Waals surface area contributed by atoms with Gasteiger partial charge in [-0.1, -0.05) is 11.6 Å². The normalized spacial score (nSPS) is 12.7. The third-order valence-corrected chi connectivity index (χ3v) is 3.99. The molecule has 1 aromatic heterocycles. The van der Waals surface area contributed by atoms with E-state index in [0.717, 1.165) is 4.88 Å². The molecular formula is C12H12ClFN2S. The van der Waals surface area contributed by atoms with E-state index < -0.39 is 0 Å². The van der Waals surface area contributed by atoms with Gasteiger partial charge in [0.05, 0.1) is 0 Å². The summed E-state index contributed by atoms with van der Waals surface area (Å²) >= 11 is 7.20. The van der Waals surface area contributed by atoms with Crippen LogP contribution in [0, 0.1) is 5.82 Å². The van der Waals surface area contributed by atoms with Crippen LogP contribution in [0.5, 0.6) is 0 Å². The van der Waals surface area contributed by atoms with Crippen LogP contribution in [0.2, 0.25) is 5.02 Å². The maximum absolute atomic E-state index is 13.7. The van der Waals surface area contributed by atoms with Crippen LogP contribution >= 0.6 is 22.9 Å². The third kappa shape index (κ3) is 2.65. The van der Waals surface area contributed by atoms with E-state index >= 15 is 0 Å². The van der Waals surface area contributed by atoms with Crippen LogP contribution in [0.15, 0.2) is 24.4 Å². The molecule has 17 heavy (non-hydrogen) atoms. The molecule has 0 fully saturated rings. The molecule has 2 rings (SSSR count). The van der Waals surface area contributed by atoms with Gasteiger partial charge in [0.25, 0.3) is 0 Å². The van der Waals surface area contributed by atoms with E-state index in [-0.39, 0.29) is 11.9 Å². The van der Waals surface area contributed by atoms with Crippen LogP contribution in [0.4, 0.5) is 4.39 Å². The maximum Gasteiger partial charge on any atom is 0.134 e. The highest BCUT2D eigenvalue weighted by Crippen LogP contribution is 2.31. The average Bonchev–Trinajstić information content (AvgIpc) is 2.77. The summed E-state index contributed by atoms with van der Waals surface area (Å²) in [5.41, 5.74) is 0.494. The predicted octanol–water partition coefficient (Wildman–Crippen LogP) is 3.88. The molecule has 1 heterocycles. The Hall–Kier alpha value is -0.970. The Morgan fingerprint density at radius 2 is 2.24 bits per heavy atom. The third-order valence-electron chi connectivity index (χ3n) is 2.54. The molecule has 0 spiro atoms. The van der Waals surface area contributed by atoms with Crippen molar-refractivity contribution in [3.63, 3.8) is 0 Å². The van der Waals surface area contributed by atoms with Gasteiger partial charge in [-0.2, -0.15) is 0 Å². The molecule has 0 saturated carbocycles. The van der Waals surface area contributed by atoms with E-state index in [1.165, 1.54) is 17.4 Å². The number of benzene rings is 1. The second kappa shape index (κ2) is 5.12. The van der Waals surface area contributed by atoms with Gasteiger partial charge in [0.2, 0.25) is 0 Å². The molecule has 0 amide bonds. The number of nitrogens with zero attached hydrogens (tertiary/aromatic N) is 1. The largest absolute Gasteiger partial charge is 0.312 e. The van der Waals surface area contributed by atoms with Gasteiger partial charge in [0.1, 0.15) is 10.8 Å². The minimum Gasteiger partial charge on any atom is -0.312 e. The Balaban J connectivity index is 2.37. The molecule has 2 aromatic rings. The van der Waals surface area contributed by atoms with Crippen molar-refractivity contribution >= 4 is 22.9 Å². The van der Waals surface area contributed by atoms with Gasteiger partial charge in [-0.15, -0.1) is 11.3 Å². The number of rotatable bonds is 3. The van der Waals surface area contributed by atoms with E-state index in [2.05, 4.69) is 10.3 Å². The minimum absolute atomic E-state index is 0.219. The van der Waals surface area contributed by atoms with Gasteiger partial charge >= 0.3 is 0 Å². The second-order valence-electron chi connectivity index (χ2n) is 3.70. The molecule has 90 valence electrons. The van der Waals surface area contributed by atoms with Crippen LogP contribution < -0.4 is 5.32 Å². The summed E-state index contributed by atoms with van der Waals surface area (Å²) in [5, 5.41) is 4.20. The summed E-state index contributed by atoms with van der Waals surface area (Å²) in [6.45, 7) is 2.04. The number of aromatic nitrogens is 1. The molecule has 1 aromatic carbocycles. The lowest BCUT2D eigenvalue weighted by molar-refractivity contribution is 0.631. The molecule has 1 atom stereocenters. The Bertz CT molecular complexity index is 527. The number of hydrogen-bond acceptors (Lipinski definition) is 3. The van der Waals surface area contributed by atoms with E-state index in [9.17, 15) is 4.39 Å². The number of halogens is 2. The molecule has 5 heteroatoms. The Morgan fingerprint density at radius 1 is 1.47 bits per heavy atom. The Labute approximate surface area is 108 Å². The summed E-state index contributed by atoms with van der Waals surface area (Å²) in [6, 6.07) is 4.85. The van der Waals surface area contributed by atoms with Gasteiger partial charge in [0.15, 0.2) is 0 Å². The van der Waals surface area contributed by atoms with Gasteiger partial charge < -0.3 is 5.32 Å². The van der Waals surface area contributed by atoms with Crippen molar-refractivity contribution in [3.05, 3.63) is 40.1 Å². The molecule has 0 saturated heterocycles. The summed E-state index contributed by atoms with van der Waals surface area (Å²) < 4.78 is 13.7. The monoisotopic (exact) mass is 270 g/mol. The van der Waals surface area contributed by atoms with Crippen molar-refractivity contribution in [2.45, 2.75) is 13.0 Å². The van der Waals surface area contributed by atoms with Crippen molar-refractivity contribution < 1.29 is 4.39 Å². The zero-order valence-corrected chi connectivity index (χ0v) is 11.1. The summed E-state index contributed by atoms with van der Waals surface area (Å²) in [4.78, 5) is 5.32. The van der Waals surface area contributed by atoms with Crippen LogP contribution in [0.3, 0.4) is 0 Å². The van der Waals surface area contributed by atoms with Crippen LogP contribution in [-0.4, -0.2) is 12.0 Å². The topological polar surface area (TPSA) is 24.9 Å². The van der Waals surface area contributed by atoms with Crippen LogP contribution in [0.25, 0.3) is 10.6 Å². The number of thiazole rings is 1. The van der Waals surface area contributed by atoms with E-state index in [1.54, 1.807) is 18.3 Å². The van der Waals surface area contributed by atoms with Crippen LogP contribution in [0.1, 0.15) is 17.8 Å². The zero-order chi connectivity index (χ0) is 12.4. The fourth-order valence-electron chi connectivity index (χ4n) is 1.42. The van der Waals surface area contributed by atoms with E-state index in [1.807, 2.05) is 14.0 Å².